The number of hydrogen-bond acceptors (Lipinski definition) is 3. The van der Waals surface area contributed by atoms with Crippen molar-refractivity contribution < 1.29 is 18.7 Å². The lowest BCUT2D eigenvalue weighted by atomic mass is 9.86. The third-order valence-corrected chi connectivity index (χ3v) is 5.12. The van der Waals surface area contributed by atoms with Crippen molar-refractivity contribution in [2.45, 2.75) is 32.1 Å². The molecule has 3 atom stereocenters. The van der Waals surface area contributed by atoms with Crippen LogP contribution in [0.1, 0.15) is 32.1 Å². The molecule has 6 heteroatoms. The van der Waals surface area contributed by atoms with Gasteiger partial charge in [0.05, 0.1) is 5.69 Å². The Balaban J connectivity index is 1.43. The summed E-state index contributed by atoms with van der Waals surface area (Å²) >= 11 is 5.75. The molecule has 0 aromatic heterocycles. The zero-order valence-electron chi connectivity index (χ0n) is 12.7. The van der Waals surface area contributed by atoms with E-state index < -0.39 is 18.3 Å². The van der Waals surface area contributed by atoms with Crippen molar-refractivity contribution in [2.75, 3.05) is 11.9 Å². The van der Waals surface area contributed by atoms with Gasteiger partial charge in [-0.2, -0.15) is 0 Å². The van der Waals surface area contributed by atoms with Gasteiger partial charge in [-0.3, -0.25) is 9.59 Å². The Morgan fingerprint density at radius 2 is 2.13 bits per heavy atom. The Hall–Kier alpha value is -1.62. The standard InChI is InChI=1S/C17H19ClFNO3/c18-13-3-4-14(19)15(8-13)20-16(21)9-23-17(22)7-12-6-10-1-2-11(12)5-10/h3-4,8,10-12H,1-2,5-7,9H2,(H,20,21)/t10-,11+,12-/m0/s1. The zero-order valence-corrected chi connectivity index (χ0v) is 13.4. The minimum atomic E-state index is -0.587. The number of esters is 1. The first-order chi connectivity index (χ1) is 11.0. The number of hydrogen-bond donors (Lipinski definition) is 1. The van der Waals surface area contributed by atoms with Gasteiger partial charge in [0.25, 0.3) is 5.91 Å². The van der Waals surface area contributed by atoms with E-state index >= 15 is 0 Å². The van der Waals surface area contributed by atoms with Gasteiger partial charge < -0.3 is 10.1 Å². The number of amides is 1. The number of carbonyl (C=O) groups excluding carboxylic acids is 2. The van der Waals surface area contributed by atoms with Crippen molar-refractivity contribution in [1.29, 1.82) is 0 Å². The fourth-order valence-electron chi connectivity index (χ4n) is 3.83. The summed E-state index contributed by atoms with van der Waals surface area (Å²) in [5.74, 6) is 0.288. The van der Waals surface area contributed by atoms with Crippen molar-refractivity contribution in [3.8, 4) is 0 Å². The van der Waals surface area contributed by atoms with Gasteiger partial charge in [-0.1, -0.05) is 18.0 Å². The third kappa shape index (κ3) is 4.02. The fraction of sp³-hybridized carbons (Fsp3) is 0.529. The highest BCUT2D eigenvalue weighted by atomic mass is 35.5. The quantitative estimate of drug-likeness (QED) is 0.830. The van der Waals surface area contributed by atoms with Gasteiger partial charge in [-0.05, 0) is 55.2 Å². The van der Waals surface area contributed by atoms with Gasteiger partial charge in [0.1, 0.15) is 5.82 Å². The summed E-state index contributed by atoms with van der Waals surface area (Å²) in [5, 5.41) is 2.67. The Labute approximate surface area is 139 Å². The molecular weight excluding hydrogens is 321 g/mol. The second-order valence-electron chi connectivity index (χ2n) is 6.47. The van der Waals surface area contributed by atoms with E-state index in [0.29, 0.717) is 23.3 Å². The molecule has 0 heterocycles. The van der Waals surface area contributed by atoms with Crippen molar-refractivity contribution in [3.05, 3.63) is 29.0 Å². The molecule has 0 radical (unpaired) electrons. The molecule has 2 bridgehead atoms. The lowest BCUT2D eigenvalue weighted by Crippen LogP contribution is -2.23. The van der Waals surface area contributed by atoms with Crippen LogP contribution in [0.2, 0.25) is 5.02 Å². The topological polar surface area (TPSA) is 55.4 Å². The fourth-order valence-corrected chi connectivity index (χ4v) is 4.00. The van der Waals surface area contributed by atoms with E-state index in [0.717, 1.165) is 12.3 Å². The van der Waals surface area contributed by atoms with E-state index in [1.54, 1.807) is 0 Å². The first-order valence-electron chi connectivity index (χ1n) is 7.92. The summed E-state index contributed by atoms with van der Waals surface area (Å²) in [5.41, 5.74) is -0.0216. The second-order valence-corrected chi connectivity index (χ2v) is 6.91. The van der Waals surface area contributed by atoms with Crippen LogP contribution in [-0.4, -0.2) is 18.5 Å². The minimum Gasteiger partial charge on any atom is -0.456 e. The Morgan fingerprint density at radius 1 is 1.30 bits per heavy atom. The van der Waals surface area contributed by atoms with Crippen LogP contribution in [0.3, 0.4) is 0 Å². The molecule has 0 unspecified atom stereocenters. The van der Waals surface area contributed by atoms with Crippen LogP contribution < -0.4 is 5.32 Å². The van der Waals surface area contributed by atoms with E-state index in [2.05, 4.69) is 5.32 Å². The number of carbonyl (C=O) groups is 2. The van der Waals surface area contributed by atoms with Crippen LogP contribution in [0.5, 0.6) is 0 Å². The number of halogens is 2. The van der Waals surface area contributed by atoms with E-state index in [4.69, 9.17) is 16.3 Å². The van der Waals surface area contributed by atoms with Crippen LogP contribution in [0, 0.1) is 23.6 Å². The Morgan fingerprint density at radius 3 is 2.83 bits per heavy atom. The van der Waals surface area contributed by atoms with Crippen LogP contribution in [0.4, 0.5) is 10.1 Å². The first kappa shape index (κ1) is 16.2. The molecule has 2 aliphatic carbocycles. The smallest absolute Gasteiger partial charge is 0.306 e. The maximum atomic E-state index is 13.5. The lowest BCUT2D eigenvalue weighted by Gasteiger charge is -2.20. The van der Waals surface area contributed by atoms with Crippen LogP contribution in [0.15, 0.2) is 18.2 Å². The lowest BCUT2D eigenvalue weighted by molar-refractivity contribution is -0.148. The molecule has 0 aliphatic heterocycles. The molecule has 0 spiro atoms. The molecule has 4 nitrogen and oxygen atoms in total. The third-order valence-electron chi connectivity index (χ3n) is 4.88. The molecule has 1 amide bonds. The van der Waals surface area contributed by atoms with Gasteiger partial charge in [0, 0.05) is 11.4 Å². The number of rotatable bonds is 5. The molecule has 2 fully saturated rings. The predicted molar refractivity (Wildman–Crippen MR) is 84.6 cm³/mol. The zero-order chi connectivity index (χ0) is 16.4. The summed E-state index contributed by atoms with van der Waals surface area (Å²) in [6.07, 6.45) is 5.19. The maximum Gasteiger partial charge on any atom is 0.306 e. The SMILES string of the molecule is O=C(COC(=O)C[C@@H]1C[C@H]2CC[C@@H]1C2)Nc1cc(Cl)ccc1F. The highest BCUT2D eigenvalue weighted by Gasteiger charge is 2.40. The summed E-state index contributed by atoms with van der Waals surface area (Å²) in [6, 6.07) is 3.87. The molecule has 1 aromatic carbocycles. The van der Waals surface area contributed by atoms with E-state index in [1.807, 2.05) is 0 Å². The van der Waals surface area contributed by atoms with Crippen molar-refractivity contribution >= 4 is 29.2 Å². The van der Waals surface area contributed by atoms with Gasteiger partial charge in [0.15, 0.2) is 6.61 Å². The average Bonchev–Trinajstić information content (AvgIpc) is 3.11. The van der Waals surface area contributed by atoms with Crippen LogP contribution in [0.25, 0.3) is 0 Å². The van der Waals surface area contributed by atoms with Gasteiger partial charge in [-0.25, -0.2) is 4.39 Å². The van der Waals surface area contributed by atoms with Crippen molar-refractivity contribution in [1.82, 2.24) is 0 Å². The van der Waals surface area contributed by atoms with Crippen LogP contribution in [-0.2, 0) is 14.3 Å². The molecule has 3 rings (SSSR count). The van der Waals surface area contributed by atoms with Gasteiger partial charge in [-0.15, -0.1) is 0 Å². The van der Waals surface area contributed by atoms with E-state index in [1.165, 1.54) is 37.5 Å². The van der Waals surface area contributed by atoms with Crippen molar-refractivity contribution in [3.63, 3.8) is 0 Å². The number of benzene rings is 1. The summed E-state index contributed by atoms with van der Waals surface area (Å²) in [4.78, 5) is 23.6. The van der Waals surface area contributed by atoms with Gasteiger partial charge >= 0.3 is 5.97 Å². The first-order valence-corrected chi connectivity index (χ1v) is 8.29. The molecule has 2 saturated carbocycles. The number of fused-ring (bicyclic) bond motifs is 2. The highest BCUT2D eigenvalue weighted by Crippen LogP contribution is 2.49. The molecule has 1 N–H and O–H groups in total. The molecular formula is C17H19ClFNO3. The Bertz CT molecular complexity index is 622. The van der Waals surface area contributed by atoms with E-state index in [-0.39, 0.29) is 11.7 Å². The van der Waals surface area contributed by atoms with E-state index in [9.17, 15) is 14.0 Å². The minimum absolute atomic E-state index is 0.0216. The molecule has 1 aromatic rings. The maximum absolute atomic E-state index is 13.5. The molecule has 23 heavy (non-hydrogen) atoms. The number of nitrogens with one attached hydrogen (secondary N) is 1. The summed E-state index contributed by atoms with van der Waals surface area (Å²) < 4.78 is 18.5. The predicted octanol–water partition coefficient (Wildman–Crippen LogP) is 3.79. The molecule has 0 saturated heterocycles. The molecule has 2 aliphatic rings. The van der Waals surface area contributed by atoms with Crippen molar-refractivity contribution in [2.24, 2.45) is 17.8 Å². The van der Waals surface area contributed by atoms with Gasteiger partial charge in [0.2, 0.25) is 0 Å². The van der Waals surface area contributed by atoms with Crippen LogP contribution >= 0.6 is 11.6 Å². The molecule has 124 valence electrons. The second kappa shape index (κ2) is 6.87. The Kier molecular flexibility index (Phi) is 4.85. The highest BCUT2D eigenvalue weighted by molar-refractivity contribution is 6.30. The number of anilines is 1. The monoisotopic (exact) mass is 339 g/mol. The largest absolute Gasteiger partial charge is 0.456 e. The normalized spacial score (nSPS) is 25.4. The average molecular weight is 340 g/mol. The summed E-state index contributed by atoms with van der Waals surface area (Å²) in [6.45, 7) is -0.411. The summed E-state index contributed by atoms with van der Waals surface area (Å²) in [7, 11) is 0. The number of ether oxygens (including phenoxy) is 1.